The second-order valence-electron chi connectivity index (χ2n) is 11.0. The van der Waals surface area contributed by atoms with Crippen molar-refractivity contribution in [3.8, 4) is 22.4 Å². The molecule has 210 valence electrons. The van der Waals surface area contributed by atoms with Crippen LogP contribution >= 0.6 is 0 Å². The van der Waals surface area contributed by atoms with E-state index < -0.39 is 0 Å². The molecule has 0 radical (unpaired) electrons. The van der Waals surface area contributed by atoms with E-state index in [1.807, 2.05) is 30.3 Å². The van der Waals surface area contributed by atoms with Crippen LogP contribution in [0.15, 0.2) is 55.2 Å². The minimum absolute atomic E-state index is 0.379. The number of fused-ring (bicyclic) bond motifs is 1. The van der Waals surface area contributed by atoms with Crippen LogP contribution in [0.5, 0.6) is 0 Å². The Hall–Kier alpha value is -4.29. The highest BCUT2D eigenvalue weighted by Gasteiger charge is 2.24. The lowest BCUT2D eigenvalue weighted by Gasteiger charge is -2.32. The van der Waals surface area contributed by atoms with Crippen LogP contribution in [0.3, 0.4) is 0 Å². The van der Waals surface area contributed by atoms with Crippen molar-refractivity contribution >= 4 is 17.2 Å². The van der Waals surface area contributed by atoms with Crippen LogP contribution in [-0.4, -0.2) is 88.9 Å². The van der Waals surface area contributed by atoms with Gasteiger partial charge in [0.2, 0.25) is 11.6 Å². The Balaban J connectivity index is 1.01. The Morgan fingerprint density at radius 1 is 0.902 bits per heavy atom. The maximum atomic E-state index is 4.81. The van der Waals surface area contributed by atoms with Gasteiger partial charge < -0.3 is 10.2 Å². The molecule has 1 atom stereocenters. The van der Waals surface area contributed by atoms with Gasteiger partial charge in [0.25, 0.3) is 0 Å². The van der Waals surface area contributed by atoms with Crippen molar-refractivity contribution in [2.24, 2.45) is 13.0 Å². The van der Waals surface area contributed by atoms with Gasteiger partial charge in [-0.1, -0.05) is 29.5 Å². The molecular formula is C29H34N12. The van der Waals surface area contributed by atoms with Gasteiger partial charge in [-0.15, -0.1) is 5.10 Å². The van der Waals surface area contributed by atoms with Crippen LogP contribution in [0, 0.1) is 5.92 Å². The van der Waals surface area contributed by atoms with E-state index in [1.165, 1.54) is 5.56 Å². The molecule has 2 saturated heterocycles. The molecule has 0 saturated carbocycles. The third kappa shape index (κ3) is 5.66. The molecule has 1 aromatic carbocycles. The van der Waals surface area contributed by atoms with E-state index >= 15 is 0 Å². The van der Waals surface area contributed by atoms with E-state index in [1.54, 1.807) is 17.1 Å². The summed E-state index contributed by atoms with van der Waals surface area (Å²) in [6.45, 7) is 7.86. The fourth-order valence-corrected chi connectivity index (χ4v) is 5.77. The Labute approximate surface area is 238 Å². The fourth-order valence-electron chi connectivity index (χ4n) is 5.77. The molecule has 0 aliphatic carbocycles. The Bertz CT molecular complexity index is 1600. The first-order valence-electron chi connectivity index (χ1n) is 14.3. The second-order valence-corrected chi connectivity index (χ2v) is 11.0. The zero-order valence-corrected chi connectivity index (χ0v) is 23.3. The topological polar surface area (TPSA) is 119 Å². The summed E-state index contributed by atoms with van der Waals surface area (Å²) < 4.78 is 3.64. The summed E-state index contributed by atoms with van der Waals surface area (Å²) >= 11 is 0. The summed E-state index contributed by atoms with van der Waals surface area (Å²) in [6, 6.07) is 8.80. The molecule has 4 aromatic heterocycles. The molecule has 7 rings (SSSR count). The lowest BCUT2D eigenvalue weighted by molar-refractivity contribution is 0.233. The van der Waals surface area contributed by atoms with Crippen LogP contribution in [-0.2, 0) is 20.1 Å². The van der Waals surface area contributed by atoms with E-state index in [4.69, 9.17) is 15.0 Å². The first-order chi connectivity index (χ1) is 20.2. The molecule has 12 heteroatoms. The van der Waals surface area contributed by atoms with Gasteiger partial charge in [0.15, 0.2) is 5.65 Å². The molecule has 1 unspecified atom stereocenters. The van der Waals surface area contributed by atoms with Gasteiger partial charge in [0.1, 0.15) is 0 Å². The number of piperidine rings is 1. The van der Waals surface area contributed by atoms with Crippen molar-refractivity contribution in [1.29, 1.82) is 0 Å². The van der Waals surface area contributed by atoms with Crippen LogP contribution in [0.4, 0.5) is 5.95 Å². The van der Waals surface area contributed by atoms with Gasteiger partial charge in [-0.05, 0) is 29.9 Å². The molecule has 0 amide bonds. The quantitative estimate of drug-likeness (QED) is 0.324. The number of hydrogen-bond donors (Lipinski definition) is 1. The Kier molecular flexibility index (Phi) is 7.07. The van der Waals surface area contributed by atoms with Gasteiger partial charge in [-0.25, -0.2) is 24.6 Å². The second kappa shape index (κ2) is 11.3. The molecule has 0 bridgehead atoms. The average Bonchev–Trinajstić information content (AvgIpc) is 3.64. The highest BCUT2D eigenvalue weighted by Crippen LogP contribution is 2.25. The van der Waals surface area contributed by atoms with Crippen LogP contribution in [0.2, 0.25) is 0 Å². The molecule has 2 aliphatic rings. The highest BCUT2D eigenvalue weighted by atomic mass is 15.5. The van der Waals surface area contributed by atoms with Crippen molar-refractivity contribution < 1.29 is 0 Å². The molecule has 2 fully saturated rings. The number of benzene rings is 1. The van der Waals surface area contributed by atoms with Crippen molar-refractivity contribution in [3.63, 3.8) is 0 Å². The SMILES string of the molecule is Cn1cc(-c2cnc3nnn(CC4CCCN(c5ncc(-c6ccc(CN7CCNCC7)cc6)cn5)C4)c3n2)cn1. The normalized spacial score (nSPS) is 18.3. The third-order valence-corrected chi connectivity index (χ3v) is 8.00. The molecular weight excluding hydrogens is 516 g/mol. The minimum Gasteiger partial charge on any atom is -0.340 e. The van der Waals surface area contributed by atoms with Gasteiger partial charge in [-0.2, -0.15) is 5.10 Å². The summed E-state index contributed by atoms with van der Waals surface area (Å²) in [5.74, 6) is 1.15. The number of aromatic nitrogens is 9. The number of nitrogens with zero attached hydrogens (tertiary/aromatic N) is 11. The number of rotatable bonds is 7. The first-order valence-corrected chi connectivity index (χ1v) is 14.3. The van der Waals surface area contributed by atoms with Crippen LogP contribution in [0.1, 0.15) is 18.4 Å². The average molecular weight is 551 g/mol. The number of piperazine rings is 1. The maximum Gasteiger partial charge on any atom is 0.225 e. The van der Waals surface area contributed by atoms with Crippen molar-refractivity contribution in [3.05, 3.63) is 60.8 Å². The largest absolute Gasteiger partial charge is 0.340 e. The molecule has 5 aromatic rings. The molecule has 2 aliphatic heterocycles. The number of aryl methyl sites for hydroxylation is 1. The third-order valence-electron chi connectivity index (χ3n) is 8.00. The summed E-state index contributed by atoms with van der Waals surface area (Å²) in [4.78, 5) is 23.6. The highest BCUT2D eigenvalue weighted by molar-refractivity contribution is 5.69. The molecule has 0 spiro atoms. The molecule has 1 N–H and O–H groups in total. The van der Waals surface area contributed by atoms with Gasteiger partial charge in [0, 0.05) is 89.1 Å². The number of anilines is 1. The zero-order chi connectivity index (χ0) is 27.6. The van der Waals surface area contributed by atoms with Gasteiger partial charge in [0.05, 0.1) is 18.1 Å². The summed E-state index contributed by atoms with van der Waals surface area (Å²) in [6.07, 6.45) is 11.5. The maximum absolute atomic E-state index is 4.81. The van der Waals surface area contributed by atoms with E-state index in [0.717, 1.165) is 93.5 Å². The molecule has 6 heterocycles. The predicted octanol–water partition coefficient (Wildman–Crippen LogP) is 2.40. The summed E-state index contributed by atoms with van der Waals surface area (Å²) in [5, 5.41) is 16.3. The van der Waals surface area contributed by atoms with Gasteiger partial charge >= 0.3 is 0 Å². The number of nitrogens with one attached hydrogen (secondary N) is 1. The smallest absolute Gasteiger partial charge is 0.225 e. The van der Waals surface area contributed by atoms with Crippen molar-refractivity contribution in [2.75, 3.05) is 44.2 Å². The summed E-state index contributed by atoms with van der Waals surface area (Å²) in [7, 11) is 1.89. The van der Waals surface area contributed by atoms with Crippen molar-refractivity contribution in [2.45, 2.75) is 25.9 Å². The van der Waals surface area contributed by atoms with E-state index in [9.17, 15) is 0 Å². The monoisotopic (exact) mass is 550 g/mol. The van der Waals surface area contributed by atoms with E-state index in [-0.39, 0.29) is 0 Å². The lowest BCUT2D eigenvalue weighted by Crippen LogP contribution is -2.42. The van der Waals surface area contributed by atoms with Gasteiger partial charge in [-0.3, -0.25) is 9.58 Å². The number of hydrogen-bond acceptors (Lipinski definition) is 10. The van der Waals surface area contributed by atoms with E-state index in [2.05, 4.69) is 59.8 Å². The van der Waals surface area contributed by atoms with E-state index in [0.29, 0.717) is 17.2 Å². The predicted molar refractivity (Wildman–Crippen MR) is 156 cm³/mol. The molecule has 12 nitrogen and oxygen atoms in total. The van der Waals surface area contributed by atoms with Crippen molar-refractivity contribution in [1.82, 2.24) is 54.9 Å². The van der Waals surface area contributed by atoms with Crippen LogP contribution < -0.4 is 10.2 Å². The standard InChI is InChI=1S/C29H34N12/c1-38-20-25(15-34-38)26-16-31-27-28(35-26)41(37-36-27)19-22-3-2-10-40(18-22)29-32-13-24(14-33-29)23-6-4-21(5-7-23)17-39-11-8-30-9-12-39/h4-7,13-16,20,22,30H,2-3,8-12,17-19H2,1H3. The molecule has 41 heavy (non-hydrogen) atoms. The zero-order valence-electron chi connectivity index (χ0n) is 23.3. The lowest BCUT2D eigenvalue weighted by atomic mass is 9.98. The fraction of sp³-hybridized carbons (Fsp3) is 0.414. The van der Waals surface area contributed by atoms with Crippen LogP contribution in [0.25, 0.3) is 33.7 Å². The summed E-state index contributed by atoms with van der Waals surface area (Å²) in [5.41, 5.74) is 6.46. The first kappa shape index (κ1) is 25.7. The Morgan fingerprint density at radius 2 is 1.73 bits per heavy atom. The Morgan fingerprint density at radius 3 is 2.51 bits per heavy atom. The minimum atomic E-state index is 0.379.